The minimum Gasteiger partial charge on any atom is -0.314 e. The summed E-state index contributed by atoms with van der Waals surface area (Å²) in [5, 5.41) is 6.78. The van der Waals surface area contributed by atoms with Crippen molar-refractivity contribution in [1.29, 1.82) is 0 Å². The molecule has 1 rings (SSSR count). The molecule has 0 radical (unpaired) electrons. The molecule has 1 N–H and O–H groups in total. The fraction of sp³-hybridized carbons (Fsp3) is 0.727. The Morgan fingerprint density at radius 3 is 2.53 bits per heavy atom. The van der Waals surface area contributed by atoms with Gasteiger partial charge in [0, 0.05) is 12.2 Å². The molecular weight excluding hydrogens is 231 g/mol. The number of rotatable bonds is 5. The van der Waals surface area contributed by atoms with E-state index in [-0.39, 0.29) is 12.1 Å². The van der Waals surface area contributed by atoms with Crippen molar-refractivity contribution in [2.24, 2.45) is 0 Å². The molecule has 17 heavy (non-hydrogen) atoms. The van der Waals surface area contributed by atoms with Crippen LogP contribution in [0.1, 0.15) is 38.9 Å². The molecule has 0 aliphatic heterocycles. The summed E-state index contributed by atoms with van der Waals surface area (Å²) in [6.45, 7) is 6.72. The van der Waals surface area contributed by atoms with Crippen molar-refractivity contribution in [3.8, 4) is 0 Å². The van der Waals surface area contributed by atoms with Crippen LogP contribution in [-0.4, -0.2) is 22.4 Å². The number of hydrogen-bond acceptors (Lipinski definition) is 2. The Morgan fingerprint density at radius 2 is 2.06 bits per heavy atom. The monoisotopic (exact) mass is 249 g/mol. The number of hydrogen-bond donors (Lipinski definition) is 1. The van der Waals surface area contributed by atoms with E-state index >= 15 is 0 Å². The zero-order valence-electron chi connectivity index (χ0n) is 10.3. The molecule has 98 valence electrons. The number of nitrogens with one attached hydrogen (secondary N) is 1. The van der Waals surface area contributed by atoms with Crippen molar-refractivity contribution >= 4 is 0 Å². The molecule has 0 amide bonds. The zero-order valence-corrected chi connectivity index (χ0v) is 10.3. The van der Waals surface area contributed by atoms with E-state index in [4.69, 9.17) is 0 Å². The quantitative estimate of drug-likeness (QED) is 0.869. The van der Waals surface area contributed by atoms with Gasteiger partial charge in [-0.2, -0.15) is 18.3 Å². The minimum atomic E-state index is -4.36. The van der Waals surface area contributed by atoms with Crippen LogP contribution in [0.15, 0.2) is 12.3 Å². The highest BCUT2D eigenvalue weighted by molar-refractivity contribution is 5.03. The second kappa shape index (κ2) is 5.53. The SMILES string of the molecule is CCNC(C)CC(C)n1ccc(C(F)(F)F)n1. The predicted molar refractivity (Wildman–Crippen MR) is 59.7 cm³/mol. The van der Waals surface area contributed by atoms with Crippen LogP contribution in [0.2, 0.25) is 0 Å². The molecule has 0 bridgehead atoms. The van der Waals surface area contributed by atoms with Gasteiger partial charge in [-0.15, -0.1) is 0 Å². The number of nitrogens with zero attached hydrogens (tertiary/aromatic N) is 2. The van der Waals surface area contributed by atoms with E-state index < -0.39 is 11.9 Å². The third kappa shape index (κ3) is 4.03. The van der Waals surface area contributed by atoms with Crippen molar-refractivity contribution in [3.05, 3.63) is 18.0 Å². The molecule has 0 fully saturated rings. The summed E-state index contributed by atoms with van der Waals surface area (Å²) < 4.78 is 38.5. The first-order valence-electron chi connectivity index (χ1n) is 5.70. The van der Waals surface area contributed by atoms with Crippen LogP contribution in [0.5, 0.6) is 0 Å². The Morgan fingerprint density at radius 1 is 1.41 bits per heavy atom. The van der Waals surface area contributed by atoms with Gasteiger partial charge in [-0.05, 0) is 32.9 Å². The predicted octanol–water partition coefficient (Wildman–Crippen LogP) is 2.85. The third-order valence-corrected chi connectivity index (χ3v) is 2.60. The van der Waals surface area contributed by atoms with Crippen LogP contribution in [0.25, 0.3) is 0 Å². The Labute approximate surface area is 99.0 Å². The largest absolute Gasteiger partial charge is 0.435 e. The van der Waals surface area contributed by atoms with Gasteiger partial charge in [-0.25, -0.2) is 0 Å². The first-order valence-corrected chi connectivity index (χ1v) is 5.70. The van der Waals surface area contributed by atoms with Crippen LogP contribution in [-0.2, 0) is 6.18 Å². The lowest BCUT2D eigenvalue weighted by molar-refractivity contribution is -0.141. The smallest absolute Gasteiger partial charge is 0.314 e. The van der Waals surface area contributed by atoms with E-state index in [0.717, 1.165) is 19.0 Å². The van der Waals surface area contributed by atoms with Gasteiger partial charge in [-0.1, -0.05) is 6.92 Å². The molecule has 0 spiro atoms. The number of aromatic nitrogens is 2. The molecule has 0 aliphatic carbocycles. The maximum atomic E-state index is 12.4. The highest BCUT2D eigenvalue weighted by Crippen LogP contribution is 2.28. The average molecular weight is 249 g/mol. The lowest BCUT2D eigenvalue weighted by atomic mass is 10.1. The average Bonchev–Trinajstić information content (AvgIpc) is 2.65. The van der Waals surface area contributed by atoms with Gasteiger partial charge in [0.25, 0.3) is 0 Å². The highest BCUT2D eigenvalue weighted by Gasteiger charge is 2.33. The van der Waals surface area contributed by atoms with Gasteiger partial charge >= 0.3 is 6.18 Å². The molecule has 0 aliphatic rings. The molecular formula is C11H18F3N3. The summed E-state index contributed by atoms with van der Waals surface area (Å²) in [4.78, 5) is 0. The molecule has 2 atom stereocenters. The van der Waals surface area contributed by atoms with Gasteiger partial charge in [0.05, 0.1) is 6.04 Å². The summed E-state index contributed by atoms with van der Waals surface area (Å²) in [6, 6.07) is 1.21. The maximum Gasteiger partial charge on any atom is 0.435 e. The van der Waals surface area contributed by atoms with Gasteiger partial charge < -0.3 is 5.32 Å². The summed E-state index contributed by atoms with van der Waals surface area (Å²) in [5.74, 6) is 0. The van der Waals surface area contributed by atoms with E-state index in [1.54, 1.807) is 0 Å². The Hall–Kier alpha value is -1.04. The lowest BCUT2D eigenvalue weighted by Gasteiger charge is -2.18. The maximum absolute atomic E-state index is 12.4. The van der Waals surface area contributed by atoms with Crippen LogP contribution in [0, 0.1) is 0 Å². The van der Waals surface area contributed by atoms with E-state index in [9.17, 15) is 13.2 Å². The fourth-order valence-electron chi connectivity index (χ4n) is 1.79. The second-order valence-corrected chi connectivity index (χ2v) is 4.22. The van der Waals surface area contributed by atoms with Crippen molar-refractivity contribution in [2.45, 2.75) is 45.5 Å². The molecule has 0 aromatic carbocycles. The van der Waals surface area contributed by atoms with Crippen LogP contribution >= 0.6 is 0 Å². The Bertz CT molecular complexity index is 346. The Balaban J connectivity index is 2.64. The van der Waals surface area contributed by atoms with Gasteiger partial charge in [-0.3, -0.25) is 4.68 Å². The molecule has 6 heteroatoms. The summed E-state index contributed by atoms with van der Waals surface area (Å²) in [7, 11) is 0. The van der Waals surface area contributed by atoms with Crippen LogP contribution < -0.4 is 5.32 Å². The van der Waals surface area contributed by atoms with Gasteiger partial charge in [0.15, 0.2) is 5.69 Å². The Kier molecular flexibility index (Phi) is 4.56. The molecule has 1 heterocycles. The molecule has 3 nitrogen and oxygen atoms in total. The van der Waals surface area contributed by atoms with Crippen LogP contribution in [0.3, 0.4) is 0 Å². The second-order valence-electron chi connectivity index (χ2n) is 4.22. The summed E-state index contributed by atoms with van der Waals surface area (Å²) in [5.41, 5.74) is -0.833. The molecule has 1 aromatic rings. The number of halogens is 3. The van der Waals surface area contributed by atoms with E-state index in [1.807, 2.05) is 20.8 Å². The third-order valence-electron chi connectivity index (χ3n) is 2.60. The van der Waals surface area contributed by atoms with E-state index in [2.05, 4.69) is 10.4 Å². The topological polar surface area (TPSA) is 29.9 Å². The van der Waals surface area contributed by atoms with E-state index in [0.29, 0.717) is 0 Å². The highest BCUT2D eigenvalue weighted by atomic mass is 19.4. The molecule has 1 aromatic heterocycles. The minimum absolute atomic E-state index is 0.0554. The molecule has 0 saturated carbocycles. The summed E-state index contributed by atoms with van der Waals surface area (Å²) >= 11 is 0. The van der Waals surface area contributed by atoms with Crippen LogP contribution in [0.4, 0.5) is 13.2 Å². The zero-order chi connectivity index (χ0) is 13.1. The fourth-order valence-corrected chi connectivity index (χ4v) is 1.79. The first kappa shape index (κ1) is 14.0. The summed E-state index contributed by atoms with van der Waals surface area (Å²) in [6.07, 6.45) is -2.24. The van der Waals surface area contributed by atoms with Crippen molar-refractivity contribution < 1.29 is 13.2 Å². The van der Waals surface area contributed by atoms with Crippen molar-refractivity contribution in [1.82, 2.24) is 15.1 Å². The standard InChI is InChI=1S/C11H18F3N3/c1-4-15-8(2)7-9(3)17-6-5-10(16-17)11(12,13)14/h5-6,8-9,15H,4,7H2,1-3H3. The van der Waals surface area contributed by atoms with Crippen molar-refractivity contribution in [2.75, 3.05) is 6.54 Å². The normalized spacial score (nSPS) is 15.9. The lowest BCUT2D eigenvalue weighted by Crippen LogP contribution is -2.28. The first-order chi connectivity index (χ1) is 7.84. The molecule has 0 saturated heterocycles. The van der Waals surface area contributed by atoms with Gasteiger partial charge in [0.1, 0.15) is 0 Å². The van der Waals surface area contributed by atoms with Crippen molar-refractivity contribution in [3.63, 3.8) is 0 Å². The number of alkyl halides is 3. The molecule has 2 unspecified atom stereocenters. The van der Waals surface area contributed by atoms with Gasteiger partial charge in [0.2, 0.25) is 0 Å². The van der Waals surface area contributed by atoms with E-state index in [1.165, 1.54) is 10.9 Å².